The molecule has 0 unspecified atom stereocenters. The van der Waals surface area contributed by atoms with E-state index < -0.39 is 6.04 Å². The number of carbonyl (C=O) groups is 2. The lowest BCUT2D eigenvalue weighted by atomic mass is 10.1. The standard InChI is InChI=1S/C12H25N3O3/c1-4-5-15(6-7-16)10(17)8-14-12(18)11(13)9(2)3/h9,11,16H,4-8,13H2,1-3H3,(H,14,18)/t11-/m0/s1. The summed E-state index contributed by atoms with van der Waals surface area (Å²) >= 11 is 0. The second-order valence-electron chi connectivity index (χ2n) is 4.59. The van der Waals surface area contributed by atoms with Crippen molar-refractivity contribution >= 4 is 11.8 Å². The third kappa shape index (κ3) is 5.97. The van der Waals surface area contributed by atoms with Crippen molar-refractivity contribution in [2.24, 2.45) is 11.7 Å². The van der Waals surface area contributed by atoms with Gasteiger partial charge in [-0.05, 0) is 12.3 Å². The molecule has 1 atom stereocenters. The van der Waals surface area contributed by atoms with Gasteiger partial charge in [0.2, 0.25) is 11.8 Å². The largest absolute Gasteiger partial charge is 0.395 e. The van der Waals surface area contributed by atoms with Crippen molar-refractivity contribution in [1.29, 1.82) is 0 Å². The van der Waals surface area contributed by atoms with E-state index >= 15 is 0 Å². The van der Waals surface area contributed by atoms with Crippen LogP contribution in [0.15, 0.2) is 0 Å². The van der Waals surface area contributed by atoms with E-state index in [9.17, 15) is 9.59 Å². The van der Waals surface area contributed by atoms with Gasteiger partial charge in [0.05, 0.1) is 19.2 Å². The molecule has 0 fully saturated rings. The second kappa shape index (κ2) is 8.88. The lowest BCUT2D eigenvalue weighted by Gasteiger charge is -2.22. The van der Waals surface area contributed by atoms with E-state index in [4.69, 9.17) is 10.8 Å². The minimum Gasteiger partial charge on any atom is -0.395 e. The maximum absolute atomic E-state index is 11.8. The van der Waals surface area contributed by atoms with Crippen LogP contribution in [-0.4, -0.2) is 54.1 Å². The van der Waals surface area contributed by atoms with Crippen molar-refractivity contribution in [2.45, 2.75) is 33.2 Å². The van der Waals surface area contributed by atoms with Crippen molar-refractivity contribution < 1.29 is 14.7 Å². The highest BCUT2D eigenvalue weighted by molar-refractivity contribution is 5.87. The predicted molar refractivity (Wildman–Crippen MR) is 69.8 cm³/mol. The van der Waals surface area contributed by atoms with Gasteiger partial charge in [-0.1, -0.05) is 20.8 Å². The van der Waals surface area contributed by atoms with E-state index in [0.29, 0.717) is 13.1 Å². The first-order valence-electron chi connectivity index (χ1n) is 6.35. The van der Waals surface area contributed by atoms with E-state index in [1.54, 1.807) is 0 Å². The summed E-state index contributed by atoms with van der Waals surface area (Å²) in [7, 11) is 0. The molecule has 106 valence electrons. The number of nitrogens with one attached hydrogen (secondary N) is 1. The van der Waals surface area contributed by atoms with Gasteiger partial charge < -0.3 is 21.1 Å². The molecule has 6 heteroatoms. The first kappa shape index (κ1) is 16.9. The monoisotopic (exact) mass is 259 g/mol. The summed E-state index contributed by atoms with van der Waals surface area (Å²) in [6.07, 6.45) is 0.811. The van der Waals surface area contributed by atoms with Gasteiger partial charge in [-0.3, -0.25) is 9.59 Å². The van der Waals surface area contributed by atoms with Gasteiger partial charge in [0.1, 0.15) is 0 Å². The molecule has 0 aliphatic heterocycles. The Hall–Kier alpha value is -1.14. The van der Waals surface area contributed by atoms with E-state index in [1.165, 1.54) is 4.90 Å². The Bertz CT molecular complexity index is 263. The van der Waals surface area contributed by atoms with Gasteiger partial charge in [-0.25, -0.2) is 0 Å². The maximum atomic E-state index is 11.8. The van der Waals surface area contributed by atoms with Crippen molar-refractivity contribution in [3.8, 4) is 0 Å². The van der Waals surface area contributed by atoms with Crippen LogP contribution >= 0.6 is 0 Å². The first-order valence-corrected chi connectivity index (χ1v) is 6.35. The summed E-state index contributed by atoms with van der Waals surface area (Å²) < 4.78 is 0. The quantitative estimate of drug-likeness (QED) is 0.538. The molecule has 0 aliphatic carbocycles. The Kier molecular flexibility index (Phi) is 8.32. The molecule has 0 spiro atoms. The molecular weight excluding hydrogens is 234 g/mol. The number of rotatable bonds is 8. The fourth-order valence-corrected chi connectivity index (χ4v) is 1.45. The number of nitrogens with zero attached hydrogens (tertiary/aromatic N) is 1. The smallest absolute Gasteiger partial charge is 0.242 e. The van der Waals surface area contributed by atoms with Crippen molar-refractivity contribution in [2.75, 3.05) is 26.2 Å². The normalized spacial score (nSPS) is 12.3. The van der Waals surface area contributed by atoms with Crippen LogP contribution in [0.1, 0.15) is 27.2 Å². The number of amides is 2. The highest BCUT2D eigenvalue weighted by atomic mass is 16.3. The van der Waals surface area contributed by atoms with Crippen LogP contribution in [-0.2, 0) is 9.59 Å². The Morgan fingerprint density at radius 3 is 2.39 bits per heavy atom. The average molecular weight is 259 g/mol. The molecule has 0 bridgehead atoms. The summed E-state index contributed by atoms with van der Waals surface area (Å²) in [4.78, 5) is 24.9. The zero-order chi connectivity index (χ0) is 14.1. The van der Waals surface area contributed by atoms with Crippen LogP contribution < -0.4 is 11.1 Å². The summed E-state index contributed by atoms with van der Waals surface area (Å²) in [6.45, 7) is 6.36. The third-order valence-electron chi connectivity index (χ3n) is 2.65. The molecule has 0 aromatic rings. The third-order valence-corrected chi connectivity index (χ3v) is 2.65. The summed E-state index contributed by atoms with van der Waals surface area (Å²) in [6, 6.07) is -0.602. The van der Waals surface area contributed by atoms with Crippen molar-refractivity contribution in [3.05, 3.63) is 0 Å². The molecule has 0 aromatic carbocycles. The van der Waals surface area contributed by atoms with E-state index in [0.717, 1.165) is 6.42 Å². The second-order valence-corrected chi connectivity index (χ2v) is 4.59. The van der Waals surface area contributed by atoms with Crippen LogP contribution in [0.5, 0.6) is 0 Å². The zero-order valence-electron chi connectivity index (χ0n) is 11.5. The first-order chi connectivity index (χ1) is 8.43. The summed E-state index contributed by atoms with van der Waals surface area (Å²) in [5, 5.41) is 11.4. The van der Waals surface area contributed by atoms with Gasteiger partial charge in [0.15, 0.2) is 0 Å². The van der Waals surface area contributed by atoms with Gasteiger partial charge in [-0.15, -0.1) is 0 Å². The number of carbonyl (C=O) groups excluding carboxylic acids is 2. The number of aliphatic hydroxyl groups is 1. The molecule has 2 amide bonds. The lowest BCUT2D eigenvalue weighted by molar-refractivity contribution is -0.133. The van der Waals surface area contributed by atoms with Crippen LogP contribution in [0.3, 0.4) is 0 Å². The highest BCUT2D eigenvalue weighted by Gasteiger charge is 2.19. The van der Waals surface area contributed by atoms with Gasteiger partial charge >= 0.3 is 0 Å². The molecule has 0 aliphatic rings. The molecule has 0 rings (SSSR count). The fourth-order valence-electron chi connectivity index (χ4n) is 1.45. The lowest BCUT2D eigenvalue weighted by Crippen LogP contribution is -2.48. The molecule has 0 aromatic heterocycles. The molecule has 0 saturated carbocycles. The van der Waals surface area contributed by atoms with Gasteiger partial charge in [-0.2, -0.15) is 0 Å². The van der Waals surface area contributed by atoms with Gasteiger partial charge in [0.25, 0.3) is 0 Å². The zero-order valence-corrected chi connectivity index (χ0v) is 11.5. The number of hydrogen-bond donors (Lipinski definition) is 3. The maximum Gasteiger partial charge on any atom is 0.242 e. The minimum atomic E-state index is -0.602. The average Bonchev–Trinajstić information content (AvgIpc) is 2.34. The summed E-state index contributed by atoms with van der Waals surface area (Å²) in [5.41, 5.74) is 5.66. The molecule has 18 heavy (non-hydrogen) atoms. The predicted octanol–water partition coefficient (Wildman–Crippen LogP) is -0.683. The van der Waals surface area contributed by atoms with Crippen molar-refractivity contribution in [3.63, 3.8) is 0 Å². The highest BCUT2D eigenvalue weighted by Crippen LogP contribution is 1.98. The van der Waals surface area contributed by atoms with E-state index in [2.05, 4.69) is 5.32 Å². The minimum absolute atomic E-state index is 0.0317. The van der Waals surface area contributed by atoms with Crippen LogP contribution in [0.25, 0.3) is 0 Å². The molecule has 0 radical (unpaired) electrons. The van der Waals surface area contributed by atoms with E-state index in [1.807, 2.05) is 20.8 Å². The van der Waals surface area contributed by atoms with Gasteiger partial charge in [0, 0.05) is 13.1 Å². The molecular formula is C12H25N3O3. The Morgan fingerprint density at radius 2 is 1.94 bits per heavy atom. The Labute approximate surface area is 109 Å². The number of aliphatic hydroxyl groups excluding tert-OH is 1. The molecule has 0 saturated heterocycles. The SMILES string of the molecule is CCCN(CCO)C(=O)CNC(=O)[C@@H](N)C(C)C. The van der Waals surface area contributed by atoms with Crippen LogP contribution in [0, 0.1) is 5.92 Å². The Morgan fingerprint density at radius 1 is 1.33 bits per heavy atom. The van der Waals surface area contributed by atoms with Crippen molar-refractivity contribution in [1.82, 2.24) is 10.2 Å². The fraction of sp³-hybridized carbons (Fsp3) is 0.833. The number of nitrogens with two attached hydrogens (primary N) is 1. The van der Waals surface area contributed by atoms with Crippen LogP contribution in [0.2, 0.25) is 0 Å². The topological polar surface area (TPSA) is 95.7 Å². The molecule has 0 heterocycles. The number of hydrogen-bond acceptors (Lipinski definition) is 4. The Balaban J connectivity index is 4.18. The van der Waals surface area contributed by atoms with Crippen LogP contribution in [0.4, 0.5) is 0 Å². The summed E-state index contributed by atoms with van der Waals surface area (Å²) in [5.74, 6) is -0.488. The molecule has 4 N–H and O–H groups in total. The van der Waals surface area contributed by atoms with E-state index in [-0.39, 0.29) is 30.9 Å². The molecule has 6 nitrogen and oxygen atoms in total.